The van der Waals surface area contributed by atoms with Crippen molar-refractivity contribution in [2.45, 2.75) is 45.8 Å². The molecule has 0 saturated heterocycles. The molecule has 0 spiro atoms. The third kappa shape index (κ3) is 4.59. The number of benzene rings is 2. The summed E-state index contributed by atoms with van der Waals surface area (Å²) in [7, 11) is 0. The highest BCUT2D eigenvalue weighted by Gasteiger charge is 2.15. The van der Waals surface area contributed by atoms with Gasteiger partial charge in [0.25, 0.3) is 0 Å². The number of aromatic nitrogens is 4. The van der Waals surface area contributed by atoms with Gasteiger partial charge in [-0.15, -0.1) is 5.10 Å². The lowest BCUT2D eigenvalue weighted by molar-refractivity contribution is -0.119. The van der Waals surface area contributed by atoms with Crippen molar-refractivity contribution in [3.05, 3.63) is 64.2 Å². The molecule has 28 heavy (non-hydrogen) atoms. The number of thioether (sulfide) groups is 1. The van der Waals surface area contributed by atoms with E-state index in [-0.39, 0.29) is 17.7 Å². The van der Waals surface area contributed by atoms with Crippen LogP contribution in [-0.4, -0.2) is 31.9 Å². The summed E-state index contributed by atoms with van der Waals surface area (Å²) in [6, 6.07) is 12.3. The minimum absolute atomic E-state index is 0.0498. The second kappa shape index (κ2) is 8.56. The zero-order valence-corrected chi connectivity index (χ0v) is 17.7. The Hall–Kier alpha value is -2.67. The van der Waals surface area contributed by atoms with Gasteiger partial charge in [-0.05, 0) is 78.9 Å². The maximum Gasteiger partial charge on any atom is 0.230 e. The molecule has 0 bridgehead atoms. The maximum absolute atomic E-state index is 12.4. The molecule has 0 aliphatic heterocycles. The minimum Gasteiger partial charge on any atom is -0.349 e. The minimum atomic E-state index is -0.0533. The molecule has 1 aromatic heterocycles. The molecule has 1 atom stereocenters. The van der Waals surface area contributed by atoms with Crippen molar-refractivity contribution in [2.24, 2.45) is 0 Å². The van der Waals surface area contributed by atoms with E-state index in [0.717, 1.165) is 22.4 Å². The van der Waals surface area contributed by atoms with E-state index in [9.17, 15) is 4.79 Å². The van der Waals surface area contributed by atoms with Gasteiger partial charge in [0, 0.05) is 0 Å². The molecule has 0 aliphatic carbocycles. The first kappa shape index (κ1) is 20.1. The maximum atomic E-state index is 12.4. The predicted molar refractivity (Wildman–Crippen MR) is 112 cm³/mol. The van der Waals surface area contributed by atoms with E-state index in [1.54, 1.807) is 4.68 Å². The number of amides is 1. The Morgan fingerprint density at radius 1 is 1.07 bits per heavy atom. The molecule has 3 aromatic rings. The van der Waals surface area contributed by atoms with E-state index in [1.807, 2.05) is 32.9 Å². The first-order valence-electron chi connectivity index (χ1n) is 9.20. The van der Waals surface area contributed by atoms with E-state index in [0.29, 0.717) is 5.16 Å². The molecule has 1 N–H and O–H groups in total. The van der Waals surface area contributed by atoms with Crippen molar-refractivity contribution in [3.8, 4) is 5.69 Å². The van der Waals surface area contributed by atoms with Crippen LogP contribution in [0.25, 0.3) is 5.69 Å². The van der Waals surface area contributed by atoms with Crippen molar-refractivity contribution >= 4 is 17.7 Å². The van der Waals surface area contributed by atoms with Gasteiger partial charge in [-0.1, -0.05) is 42.1 Å². The number of carbonyl (C=O) groups excluding carboxylic acids is 1. The summed E-state index contributed by atoms with van der Waals surface area (Å²) in [6.07, 6.45) is 0. The predicted octanol–water partition coefficient (Wildman–Crippen LogP) is 3.87. The highest BCUT2D eigenvalue weighted by atomic mass is 32.2. The molecular formula is C21H25N5OS. The molecule has 146 valence electrons. The van der Waals surface area contributed by atoms with Crippen molar-refractivity contribution in [1.82, 2.24) is 25.5 Å². The van der Waals surface area contributed by atoms with Crippen LogP contribution in [-0.2, 0) is 4.79 Å². The van der Waals surface area contributed by atoms with Crippen molar-refractivity contribution in [3.63, 3.8) is 0 Å². The summed E-state index contributed by atoms with van der Waals surface area (Å²) in [5.74, 6) is 0.201. The molecule has 0 radical (unpaired) electrons. The van der Waals surface area contributed by atoms with Crippen LogP contribution in [0.4, 0.5) is 0 Å². The van der Waals surface area contributed by atoms with E-state index < -0.39 is 0 Å². The number of carbonyl (C=O) groups is 1. The normalized spacial score (nSPS) is 12.0. The third-order valence-electron chi connectivity index (χ3n) is 4.77. The van der Waals surface area contributed by atoms with E-state index in [1.165, 1.54) is 22.9 Å². The van der Waals surface area contributed by atoms with Crippen LogP contribution in [0.2, 0.25) is 0 Å². The Balaban J connectivity index is 1.65. The molecule has 0 fully saturated rings. The topological polar surface area (TPSA) is 72.7 Å². The van der Waals surface area contributed by atoms with Crippen LogP contribution in [0.15, 0.2) is 41.6 Å². The second-order valence-corrected chi connectivity index (χ2v) is 8.03. The smallest absolute Gasteiger partial charge is 0.230 e. The fourth-order valence-electron chi connectivity index (χ4n) is 2.90. The van der Waals surface area contributed by atoms with Gasteiger partial charge >= 0.3 is 0 Å². The SMILES string of the molecule is Cc1ccc(C)c(-n2nnnc2SCC(=O)N[C@H](C)c2ccc(C)c(C)c2)c1. The molecular weight excluding hydrogens is 370 g/mol. The first-order valence-corrected chi connectivity index (χ1v) is 10.2. The first-order chi connectivity index (χ1) is 13.3. The van der Waals surface area contributed by atoms with Gasteiger partial charge in [0.2, 0.25) is 11.1 Å². The van der Waals surface area contributed by atoms with Crippen LogP contribution < -0.4 is 5.32 Å². The van der Waals surface area contributed by atoms with E-state index in [2.05, 4.69) is 59.0 Å². The summed E-state index contributed by atoms with van der Waals surface area (Å²) in [4.78, 5) is 12.4. The van der Waals surface area contributed by atoms with Gasteiger partial charge in [0.05, 0.1) is 17.5 Å². The second-order valence-electron chi connectivity index (χ2n) is 7.08. The average Bonchev–Trinajstić information content (AvgIpc) is 3.12. The van der Waals surface area contributed by atoms with Crippen LogP contribution in [0.1, 0.15) is 40.8 Å². The highest BCUT2D eigenvalue weighted by molar-refractivity contribution is 7.99. The molecule has 6 nitrogen and oxygen atoms in total. The number of tetrazole rings is 1. The van der Waals surface area contributed by atoms with Gasteiger partial charge in [0.1, 0.15) is 0 Å². The molecule has 1 heterocycles. The number of aryl methyl sites for hydroxylation is 4. The fraction of sp³-hybridized carbons (Fsp3) is 0.333. The van der Waals surface area contributed by atoms with Crippen molar-refractivity contribution in [2.75, 3.05) is 5.75 Å². The fourth-order valence-corrected chi connectivity index (χ4v) is 3.59. The summed E-state index contributed by atoms with van der Waals surface area (Å²) < 4.78 is 1.69. The largest absolute Gasteiger partial charge is 0.349 e. The van der Waals surface area contributed by atoms with Gasteiger partial charge in [-0.2, -0.15) is 4.68 Å². The monoisotopic (exact) mass is 395 g/mol. The number of nitrogens with zero attached hydrogens (tertiary/aromatic N) is 4. The van der Waals surface area contributed by atoms with E-state index in [4.69, 9.17) is 0 Å². The van der Waals surface area contributed by atoms with Gasteiger partial charge in [-0.25, -0.2) is 0 Å². The lowest BCUT2D eigenvalue weighted by Gasteiger charge is -2.15. The number of hydrogen-bond donors (Lipinski definition) is 1. The summed E-state index contributed by atoms with van der Waals surface area (Å²) in [6.45, 7) is 10.2. The van der Waals surface area contributed by atoms with Crippen LogP contribution in [0.3, 0.4) is 0 Å². The molecule has 1 amide bonds. The van der Waals surface area contributed by atoms with Gasteiger partial charge in [-0.3, -0.25) is 4.79 Å². The standard InChI is InChI=1S/C21H25N5OS/c1-13-6-7-15(3)19(10-13)26-21(23-24-25-26)28-12-20(27)22-17(5)18-9-8-14(2)16(4)11-18/h6-11,17H,12H2,1-5H3,(H,22,27)/t17-/m1/s1. The molecule has 3 rings (SSSR count). The highest BCUT2D eigenvalue weighted by Crippen LogP contribution is 2.22. The zero-order chi connectivity index (χ0) is 20.3. The number of rotatable bonds is 6. The number of hydrogen-bond acceptors (Lipinski definition) is 5. The molecule has 7 heteroatoms. The zero-order valence-electron chi connectivity index (χ0n) is 16.9. The summed E-state index contributed by atoms with van der Waals surface area (Å²) in [5.41, 5.74) is 6.70. The Kier molecular flexibility index (Phi) is 6.14. The molecule has 0 saturated carbocycles. The Morgan fingerprint density at radius 2 is 1.82 bits per heavy atom. The van der Waals surface area contributed by atoms with Gasteiger partial charge in [0.15, 0.2) is 0 Å². The molecule has 0 aliphatic rings. The van der Waals surface area contributed by atoms with Gasteiger partial charge < -0.3 is 5.32 Å². The Bertz CT molecular complexity index is 998. The lowest BCUT2D eigenvalue weighted by Crippen LogP contribution is -2.28. The van der Waals surface area contributed by atoms with Crippen molar-refractivity contribution in [1.29, 1.82) is 0 Å². The third-order valence-corrected chi connectivity index (χ3v) is 5.69. The molecule has 0 unspecified atom stereocenters. The van der Waals surface area contributed by atoms with Crippen molar-refractivity contribution < 1.29 is 4.79 Å². The Labute approximate surface area is 169 Å². The molecule has 2 aromatic carbocycles. The summed E-state index contributed by atoms with van der Waals surface area (Å²) >= 11 is 1.33. The van der Waals surface area contributed by atoms with Crippen LogP contribution >= 0.6 is 11.8 Å². The van der Waals surface area contributed by atoms with E-state index >= 15 is 0 Å². The Morgan fingerprint density at radius 3 is 2.57 bits per heavy atom. The number of nitrogens with one attached hydrogen (secondary N) is 1. The lowest BCUT2D eigenvalue weighted by atomic mass is 10.0. The van der Waals surface area contributed by atoms with Crippen LogP contribution in [0, 0.1) is 27.7 Å². The van der Waals surface area contributed by atoms with Crippen LogP contribution in [0.5, 0.6) is 0 Å². The average molecular weight is 396 g/mol. The summed E-state index contributed by atoms with van der Waals surface area (Å²) in [5, 5.41) is 15.6. The quantitative estimate of drug-likeness (QED) is 0.642.